The van der Waals surface area contributed by atoms with Gasteiger partial charge in [0, 0.05) is 29.4 Å². The zero-order chi connectivity index (χ0) is 10.7. The van der Waals surface area contributed by atoms with Gasteiger partial charge in [0.2, 0.25) is 0 Å². The van der Waals surface area contributed by atoms with Gasteiger partial charge in [0.15, 0.2) is 10.3 Å². The number of aromatic nitrogens is 2. The van der Waals surface area contributed by atoms with Crippen molar-refractivity contribution in [3.05, 3.63) is 22.7 Å². The summed E-state index contributed by atoms with van der Waals surface area (Å²) in [4.78, 5) is 8.55. The van der Waals surface area contributed by atoms with Gasteiger partial charge in [-0.1, -0.05) is 0 Å². The van der Waals surface area contributed by atoms with Crippen LogP contribution < -0.4 is 11.1 Å². The molecule has 2 aromatic heterocycles. The quantitative estimate of drug-likeness (QED) is 0.860. The predicted octanol–water partition coefficient (Wildman–Crippen LogP) is 2.23. The average molecular weight is 240 g/mol. The van der Waals surface area contributed by atoms with Gasteiger partial charge in [-0.15, -0.1) is 22.7 Å². The van der Waals surface area contributed by atoms with Gasteiger partial charge in [0.25, 0.3) is 0 Å². The molecule has 0 bridgehead atoms. The van der Waals surface area contributed by atoms with Crippen molar-refractivity contribution < 1.29 is 0 Å². The Morgan fingerprint density at radius 2 is 2.33 bits per heavy atom. The van der Waals surface area contributed by atoms with E-state index in [4.69, 9.17) is 5.73 Å². The first-order valence-corrected chi connectivity index (χ1v) is 6.36. The van der Waals surface area contributed by atoms with Crippen molar-refractivity contribution in [2.45, 2.75) is 19.4 Å². The van der Waals surface area contributed by atoms with Crippen LogP contribution in [0, 0.1) is 0 Å². The summed E-state index contributed by atoms with van der Waals surface area (Å²) in [5, 5.41) is 8.86. The molecule has 0 aliphatic heterocycles. The maximum absolute atomic E-state index is 5.70. The molecule has 0 spiro atoms. The monoisotopic (exact) mass is 240 g/mol. The molecule has 2 aromatic rings. The van der Waals surface area contributed by atoms with Crippen molar-refractivity contribution in [1.82, 2.24) is 9.97 Å². The molecule has 0 radical (unpaired) electrons. The third-order valence-corrected chi connectivity index (χ3v) is 3.22. The van der Waals surface area contributed by atoms with Crippen LogP contribution in [0.5, 0.6) is 0 Å². The summed E-state index contributed by atoms with van der Waals surface area (Å²) in [7, 11) is 0. The van der Waals surface area contributed by atoms with Crippen LogP contribution >= 0.6 is 22.7 Å². The van der Waals surface area contributed by atoms with Crippen LogP contribution in [0.3, 0.4) is 0 Å². The molecule has 1 atom stereocenters. The summed E-state index contributed by atoms with van der Waals surface area (Å²) in [5.41, 5.74) is 6.74. The Labute approximate surface area is 96.2 Å². The fourth-order valence-corrected chi connectivity index (χ4v) is 2.48. The summed E-state index contributed by atoms with van der Waals surface area (Å²) >= 11 is 3.14. The molecule has 2 rings (SSSR count). The molecule has 0 saturated carbocycles. The highest BCUT2D eigenvalue weighted by molar-refractivity contribution is 7.15. The van der Waals surface area contributed by atoms with Gasteiger partial charge in [-0.05, 0) is 6.92 Å². The number of rotatable bonds is 4. The van der Waals surface area contributed by atoms with Crippen molar-refractivity contribution in [1.29, 1.82) is 0 Å². The molecule has 3 N–H and O–H groups in total. The zero-order valence-electron chi connectivity index (χ0n) is 8.30. The highest BCUT2D eigenvalue weighted by Gasteiger charge is 2.05. The molecule has 1 unspecified atom stereocenters. The van der Waals surface area contributed by atoms with E-state index in [1.54, 1.807) is 28.9 Å². The minimum atomic E-state index is 0.153. The number of anilines is 2. The summed E-state index contributed by atoms with van der Waals surface area (Å²) in [6, 6.07) is 0.153. The smallest absolute Gasteiger partial charge is 0.189 e. The Balaban J connectivity index is 2.01. The maximum Gasteiger partial charge on any atom is 0.189 e. The molecule has 80 valence electrons. The van der Waals surface area contributed by atoms with Crippen molar-refractivity contribution in [3.63, 3.8) is 0 Å². The number of nitrogens with two attached hydrogens (primary N) is 1. The maximum atomic E-state index is 5.70. The summed E-state index contributed by atoms with van der Waals surface area (Å²) in [6.45, 7) is 1.98. The lowest BCUT2D eigenvalue weighted by Gasteiger charge is -1.99. The van der Waals surface area contributed by atoms with Crippen LogP contribution in [0.1, 0.15) is 12.6 Å². The Bertz CT molecular complexity index is 407. The van der Waals surface area contributed by atoms with E-state index in [0.717, 1.165) is 22.4 Å². The Morgan fingerprint density at radius 1 is 1.47 bits per heavy atom. The predicted molar refractivity (Wildman–Crippen MR) is 64.9 cm³/mol. The van der Waals surface area contributed by atoms with Gasteiger partial charge < -0.3 is 11.1 Å². The van der Waals surface area contributed by atoms with E-state index >= 15 is 0 Å². The van der Waals surface area contributed by atoms with Crippen LogP contribution in [0.15, 0.2) is 17.0 Å². The zero-order valence-corrected chi connectivity index (χ0v) is 9.94. The van der Waals surface area contributed by atoms with E-state index in [1.165, 1.54) is 0 Å². The molecular weight excluding hydrogens is 228 g/mol. The van der Waals surface area contributed by atoms with Gasteiger partial charge >= 0.3 is 0 Å². The fourth-order valence-electron chi connectivity index (χ4n) is 1.16. The Kier molecular flexibility index (Phi) is 3.30. The van der Waals surface area contributed by atoms with E-state index in [0.29, 0.717) is 0 Å². The number of nitrogens with one attached hydrogen (secondary N) is 1. The molecule has 0 fully saturated rings. The number of hydrogen-bond donors (Lipinski definition) is 2. The molecule has 15 heavy (non-hydrogen) atoms. The second kappa shape index (κ2) is 4.69. The Morgan fingerprint density at radius 3 is 3.00 bits per heavy atom. The third kappa shape index (κ3) is 2.98. The third-order valence-electron chi connectivity index (χ3n) is 1.73. The number of hydrogen-bond acceptors (Lipinski definition) is 6. The second-order valence-corrected chi connectivity index (χ2v) is 5.04. The molecule has 0 saturated heterocycles. The standard InChI is InChI=1S/C9H12N4S2/c1-6(10)4-7-5-15-9(12-7)13-8-11-2-3-14-8/h2-3,5-6H,4,10H2,1H3,(H,11,12,13). The normalized spacial score (nSPS) is 12.7. The first kappa shape index (κ1) is 10.5. The van der Waals surface area contributed by atoms with E-state index in [1.807, 2.05) is 17.7 Å². The molecular formula is C9H12N4S2. The molecule has 4 nitrogen and oxygen atoms in total. The molecule has 2 heterocycles. The summed E-state index contributed by atoms with van der Waals surface area (Å²) < 4.78 is 0. The van der Waals surface area contributed by atoms with Crippen molar-refractivity contribution in [2.24, 2.45) is 5.73 Å². The van der Waals surface area contributed by atoms with E-state index in [-0.39, 0.29) is 6.04 Å². The lowest BCUT2D eigenvalue weighted by Crippen LogP contribution is -2.17. The van der Waals surface area contributed by atoms with Gasteiger partial charge in [-0.25, -0.2) is 9.97 Å². The SMILES string of the molecule is CC(N)Cc1csc(Nc2nccs2)n1. The highest BCUT2D eigenvalue weighted by atomic mass is 32.1. The average Bonchev–Trinajstić information content (AvgIpc) is 2.77. The minimum Gasteiger partial charge on any atom is -0.328 e. The van der Waals surface area contributed by atoms with E-state index < -0.39 is 0 Å². The molecule has 0 amide bonds. The number of thiazole rings is 2. The van der Waals surface area contributed by atoms with Gasteiger partial charge in [-0.2, -0.15) is 0 Å². The summed E-state index contributed by atoms with van der Waals surface area (Å²) in [6.07, 6.45) is 2.58. The molecule has 6 heteroatoms. The molecule has 0 aromatic carbocycles. The van der Waals surface area contributed by atoms with Gasteiger partial charge in [0.05, 0.1) is 5.69 Å². The lowest BCUT2D eigenvalue weighted by atomic mass is 10.2. The fraction of sp³-hybridized carbons (Fsp3) is 0.333. The van der Waals surface area contributed by atoms with Crippen LogP contribution in [-0.4, -0.2) is 16.0 Å². The lowest BCUT2D eigenvalue weighted by molar-refractivity contribution is 0.726. The molecule has 0 aliphatic carbocycles. The highest BCUT2D eigenvalue weighted by Crippen LogP contribution is 2.22. The van der Waals surface area contributed by atoms with Crippen molar-refractivity contribution in [3.8, 4) is 0 Å². The second-order valence-electron chi connectivity index (χ2n) is 3.29. The Hall–Kier alpha value is -0.980. The van der Waals surface area contributed by atoms with Crippen LogP contribution in [0.25, 0.3) is 0 Å². The first-order chi connectivity index (χ1) is 7.24. The topological polar surface area (TPSA) is 63.8 Å². The van der Waals surface area contributed by atoms with Crippen LogP contribution in [0.2, 0.25) is 0 Å². The van der Waals surface area contributed by atoms with Crippen LogP contribution in [-0.2, 0) is 6.42 Å². The van der Waals surface area contributed by atoms with Crippen molar-refractivity contribution in [2.75, 3.05) is 5.32 Å². The largest absolute Gasteiger partial charge is 0.328 e. The van der Waals surface area contributed by atoms with E-state index in [9.17, 15) is 0 Å². The number of nitrogens with zero attached hydrogens (tertiary/aromatic N) is 2. The first-order valence-electron chi connectivity index (χ1n) is 4.60. The van der Waals surface area contributed by atoms with E-state index in [2.05, 4.69) is 15.3 Å². The van der Waals surface area contributed by atoms with Crippen molar-refractivity contribution >= 4 is 32.9 Å². The van der Waals surface area contributed by atoms with Crippen LogP contribution in [0.4, 0.5) is 10.3 Å². The van der Waals surface area contributed by atoms with Gasteiger partial charge in [-0.3, -0.25) is 0 Å². The molecule has 0 aliphatic rings. The minimum absolute atomic E-state index is 0.153. The van der Waals surface area contributed by atoms with Gasteiger partial charge in [0.1, 0.15) is 0 Å². The summed E-state index contributed by atoms with van der Waals surface area (Å²) in [5.74, 6) is 0.